The van der Waals surface area contributed by atoms with E-state index in [1.54, 1.807) is 29.2 Å². The molecule has 2 N–H and O–H groups in total. The molecule has 2 aromatic carbocycles. The monoisotopic (exact) mass is 455 g/mol. The Morgan fingerprint density at radius 2 is 1.88 bits per heavy atom. The van der Waals surface area contributed by atoms with E-state index in [2.05, 4.69) is 14.8 Å². The lowest BCUT2D eigenvalue weighted by molar-refractivity contribution is 0.0774. The Morgan fingerprint density at radius 3 is 2.56 bits per heavy atom. The van der Waals surface area contributed by atoms with Crippen LogP contribution in [0.4, 0.5) is 5.82 Å². The summed E-state index contributed by atoms with van der Waals surface area (Å²) in [6.45, 7) is 4.60. The SMILES string of the molecule is CCN(CC)C(=O)c1cnn(-c2ccccc2)c1NS(=O)(=O)c1ccc2[nH]c(=O)oc2c1. The average Bonchev–Trinajstić information content (AvgIpc) is 3.36. The quantitative estimate of drug-likeness (QED) is 0.440. The molecule has 0 aliphatic carbocycles. The number of rotatable bonds is 7. The van der Waals surface area contributed by atoms with E-state index in [4.69, 9.17) is 4.42 Å². The van der Waals surface area contributed by atoms with Gasteiger partial charge in [-0.3, -0.25) is 14.5 Å². The lowest BCUT2D eigenvalue weighted by Gasteiger charge is -2.19. The zero-order valence-electron chi connectivity index (χ0n) is 17.4. The van der Waals surface area contributed by atoms with Crippen molar-refractivity contribution in [2.75, 3.05) is 17.8 Å². The van der Waals surface area contributed by atoms with Crippen molar-refractivity contribution in [2.45, 2.75) is 18.7 Å². The van der Waals surface area contributed by atoms with Crippen LogP contribution in [0.2, 0.25) is 0 Å². The second-order valence-electron chi connectivity index (χ2n) is 6.91. The Balaban J connectivity index is 1.81. The summed E-state index contributed by atoms with van der Waals surface area (Å²) in [7, 11) is -4.15. The van der Waals surface area contributed by atoms with Crippen molar-refractivity contribution >= 4 is 32.8 Å². The fraction of sp³-hybridized carbons (Fsp3) is 0.190. The van der Waals surface area contributed by atoms with Crippen LogP contribution in [0.15, 0.2) is 68.8 Å². The smallest absolute Gasteiger partial charge is 0.408 e. The molecule has 11 heteroatoms. The van der Waals surface area contributed by atoms with Gasteiger partial charge in [-0.1, -0.05) is 18.2 Å². The molecule has 1 amide bonds. The second kappa shape index (κ2) is 8.35. The highest BCUT2D eigenvalue weighted by molar-refractivity contribution is 7.92. The summed E-state index contributed by atoms with van der Waals surface area (Å²) in [5.74, 6) is -1.01. The molecule has 0 spiro atoms. The average molecular weight is 455 g/mol. The number of aromatic amines is 1. The molecule has 166 valence electrons. The first-order valence-electron chi connectivity index (χ1n) is 9.92. The van der Waals surface area contributed by atoms with Crippen molar-refractivity contribution in [3.8, 4) is 5.69 Å². The Hall–Kier alpha value is -3.86. The fourth-order valence-electron chi connectivity index (χ4n) is 3.33. The molecule has 10 nitrogen and oxygen atoms in total. The van der Waals surface area contributed by atoms with E-state index in [1.165, 1.54) is 29.1 Å². The second-order valence-corrected chi connectivity index (χ2v) is 8.59. The number of benzene rings is 2. The lowest BCUT2D eigenvalue weighted by Crippen LogP contribution is -2.31. The highest BCUT2D eigenvalue weighted by atomic mass is 32.2. The molecule has 0 saturated heterocycles. The molecule has 0 atom stereocenters. The summed E-state index contributed by atoms with van der Waals surface area (Å²) in [5.41, 5.74) is 1.18. The molecule has 0 bridgehead atoms. The fourth-order valence-corrected chi connectivity index (χ4v) is 4.41. The molecule has 4 rings (SSSR count). The van der Waals surface area contributed by atoms with E-state index >= 15 is 0 Å². The number of aromatic nitrogens is 3. The molecular formula is C21H21N5O5S. The maximum atomic E-state index is 13.2. The third kappa shape index (κ3) is 3.89. The number of fused-ring (bicyclic) bond motifs is 1. The van der Waals surface area contributed by atoms with Gasteiger partial charge < -0.3 is 9.32 Å². The van der Waals surface area contributed by atoms with Crippen molar-refractivity contribution in [2.24, 2.45) is 0 Å². The number of oxazole rings is 1. The third-order valence-corrected chi connectivity index (χ3v) is 6.32. The first-order chi connectivity index (χ1) is 15.3. The van der Waals surface area contributed by atoms with Crippen LogP contribution in [0, 0.1) is 0 Å². The topological polar surface area (TPSA) is 130 Å². The first-order valence-corrected chi connectivity index (χ1v) is 11.4. The Bertz CT molecular complexity index is 1430. The van der Waals surface area contributed by atoms with Crippen molar-refractivity contribution in [3.05, 3.63) is 70.8 Å². The van der Waals surface area contributed by atoms with Gasteiger partial charge in [-0.15, -0.1) is 0 Å². The summed E-state index contributed by atoms with van der Waals surface area (Å²) < 4.78 is 35.3. The van der Waals surface area contributed by atoms with E-state index in [9.17, 15) is 18.0 Å². The number of carbonyl (C=O) groups excluding carboxylic acids is 1. The molecule has 0 aliphatic rings. The standard InChI is InChI=1S/C21H21N5O5S/c1-3-25(4-2)20(27)16-13-22-26(14-8-6-5-7-9-14)19(16)24-32(29,30)15-10-11-17-18(12-15)31-21(28)23-17/h5-13,24H,3-4H2,1-2H3,(H,23,28). The van der Waals surface area contributed by atoms with Crippen molar-refractivity contribution in [3.63, 3.8) is 0 Å². The van der Waals surface area contributed by atoms with Crippen LogP contribution >= 0.6 is 0 Å². The molecular weight excluding hydrogens is 434 g/mol. The lowest BCUT2D eigenvalue weighted by atomic mass is 10.2. The van der Waals surface area contributed by atoms with E-state index in [0.717, 1.165) is 0 Å². The number of nitrogens with zero attached hydrogens (tertiary/aromatic N) is 3. The van der Waals surface area contributed by atoms with E-state index < -0.39 is 15.8 Å². The van der Waals surface area contributed by atoms with Gasteiger partial charge in [0.2, 0.25) is 0 Å². The first kappa shape index (κ1) is 21.4. The summed E-state index contributed by atoms with van der Waals surface area (Å²) in [6, 6.07) is 12.9. The van der Waals surface area contributed by atoms with Crippen LogP contribution in [0.3, 0.4) is 0 Å². The molecule has 0 radical (unpaired) electrons. The third-order valence-electron chi connectivity index (χ3n) is 4.98. The molecule has 2 heterocycles. The van der Waals surface area contributed by atoms with Crippen LogP contribution < -0.4 is 10.5 Å². The number of carbonyl (C=O) groups is 1. The maximum absolute atomic E-state index is 13.2. The summed E-state index contributed by atoms with van der Waals surface area (Å²) in [4.78, 5) is 28.4. The predicted molar refractivity (Wildman–Crippen MR) is 118 cm³/mol. The van der Waals surface area contributed by atoms with Gasteiger partial charge >= 0.3 is 5.76 Å². The van der Waals surface area contributed by atoms with E-state index in [-0.39, 0.29) is 27.8 Å². The molecule has 0 unspecified atom stereocenters. The van der Waals surface area contributed by atoms with Gasteiger partial charge in [0.05, 0.1) is 22.3 Å². The molecule has 4 aromatic rings. The number of nitrogens with one attached hydrogen (secondary N) is 2. The van der Waals surface area contributed by atoms with Gasteiger partial charge in [0.15, 0.2) is 11.4 Å². The van der Waals surface area contributed by atoms with Gasteiger partial charge in [0.1, 0.15) is 5.56 Å². The largest absolute Gasteiger partial charge is 0.417 e. The number of anilines is 1. The Labute approximate surface area is 183 Å². The number of sulfonamides is 1. The molecule has 0 fully saturated rings. The minimum absolute atomic E-state index is 0.0173. The Kier molecular flexibility index (Phi) is 5.57. The van der Waals surface area contributed by atoms with Gasteiger partial charge in [-0.25, -0.2) is 17.9 Å². The summed E-state index contributed by atoms with van der Waals surface area (Å²) in [6.07, 6.45) is 1.35. The minimum Gasteiger partial charge on any atom is -0.408 e. The van der Waals surface area contributed by atoms with Crippen LogP contribution in [-0.4, -0.2) is 47.1 Å². The maximum Gasteiger partial charge on any atom is 0.417 e. The number of para-hydroxylation sites is 1. The summed E-state index contributed by atoms with van der Waals surface area (Å²) in [5, 5.41) is 4.27. The van der Waals surface area contributed by atoms with Gasteiger partial charge in [0.25, 0.3) is 15.9 Å². The zero-order valence-corrected chi connectivity index (χ0v) is 18.2. The van der Waals surface area contributed by atoms with Gasteiger partial charge in [-0.05, 0) is 38.1 Å². The highest BCUT2D eigenvalue weighted by Gasteiger charge is 2.26. The van der Waals surface area contributed by atoms with Crippen LogP contribution in [0.25, 0.3) is 16.8 Å². The summed E-state index contributed by atoms with van der Waals surface area (Å²) >= 11 is 0. The van der Waals surface area contributed by atoms with Crippen molar-refractivity contribution < 1.29 is 17.6 Å². The number of amides is 1. The normalized spacial score (nSPS) is 11.6. The van der Waals surface area contributed by atoms with Crippen molar-refractivity contribution in [1.29, 1.82) is 0 Å². The van der Waals surface area contributed by atoms with Gasteiger partial charge in [0, 0.05) is 19.2 Å². The van der Waals surface area contributed by atoms with Crippen LogP contribution in [-0.2, 0) is 10.0 Å². The minimum atomic E-state index is -4.15. The number of H-pyrrole nitrogens is 1. The van der Waals surface area contributed by atoms with E-state index in [1.807, 2.05) is 19.9 Å². The Morgan fingerprint density at radius 1 is 1.16 bits per heavy atom. The number of hydrogen-bond acceptors (Lipinski definition) is 6. The molecule has 32 heavy (non-hydrogen) atoms. The van der Waals surface area contributed by atoms with E-state index in [0.29, 0.717) is 24.3 Å². The van der Waals surface area contributed by atoms with Crippen LogP contribution in [0.1, 0.15) is 24.2 Å². The highest BCUT2D eigenvalue weighted by Crippen LogP contribution is 2.26. The van der Waals surface area contributed by atoms with Crippen molar-refractivity contribution in [1.82, 2.24) is 19.7 Å². The zero-order chi connectivity index (χ0) is 22.9. The van der Waals surface area contributed by atoms with Gasteiger partial charge in [-0.2, -0.15) is 5.10 Å². The predicted octanol–water partition coefficient (Wildman–Crippen LogP) is 2.59. The van der Waals surface area contributed by atoms with Crippen LogP contribution in [0.5, 0.6) is 0 Å². The molecule has 0 aliphatic heterocycles. The molecule has 2 aromatic heterocycles. The number of hydrogen-bond donors (Lipinski definition) is 2. The molecule has 0 saturated carbocycles.